The Balaban J connectivity index is 1.82. The zero-order chi connectivity index (χ0) is 12.3. The lowest BCUT2D eigenvalue weighted by molar-refractivity contribution is -0.123. The molecule has 0 bridgehead atoms. The predicted molar refractivity (Wildman–Crippen MR) is 70.4 cm³/mol. The lowest BCUT2D eigenvalue weighted by atomic mass is 10.5. The van der Waals surface area contributed by atoms with Gasteiger partial charge in [0.1, 0.15) is 6.10 Å². The second-order valence-electron chi connectivity index (χ2n) is 4.22. The average Bonchev–Trinajstić information content (AvgIpc) is 3.12. The van der Waals surface area contributed by atoms with Crippen molar-refractivity contribution in [2.75, 3.05) is 33.0 Å². The predicted octanol–water partition coefficient (Wildman–Crippen LogP) is 1.20. The quantitative estimate of drug-likeness (QED) is 0.229. The minimum Gasteiger partial charge on any atom is -0.379 e. The summed E-state index contributed by atoms with van der Waals surface area (Å²) in [4.78, 5) is 0. The summed E-state index contributed by atoms with van der Waals surface area (Å²) in [6.07, 6.45) is 1.61. The van der Waals surface area contributed by atoms with Gasteiger partial charge in [-0.1, -0.05) is 6.04 Å². The van der Waals surface area contributed by atoms with E-state index in [1.54, 1.807) is 0 Å². The van der Waals surface area contributed by atoms with Crippen molar-refractivity contribution >= 4 is 9.52 Å². The SMILES string of the molecule is CCOC(C[SiH2]CCCOCC1CO1)OCC. The summed E-state index contributed by atoms with van der Waals surface area (Å²) < 4.78 is 21.6. The van der Waals surface area contributed by atoms with Gasteiger partial charge in [-0.2, -0.15) is 0 Å². The molecule has 0 N–H and O–H groups in total. The van der Waals surface area contributed by atoms with Crippen molar-refractivity contribution in [1.29, 1.82) is 0 Å². The highest BCUT2D eigenvalue weighted by molar-refractivity contribution is 6.35. The summed E-state index contributed by atoms with van der Waals surface area (Å²) in [5, 5.41) is 0. The Kier molecular flexibility index (Phi) is 8.91. The number of rotatable bonds is 12. The van der Waals surface area contributed by atoms with E-state index in [0.717, 1.165) is 39.1 Å². The molecule has 0 radical (unpaired) electrons. The zero-order valence-corrected chi connectivity index (χ0v) is 12.6. The van der Waals surface area contributed by atoms with Gasteiger partial charge in [-0.15, -0.1) is 0 Å². The minimum absolute atomic E-state index is 0.0393. The van der Waals surface area contributed by atoms with Crippen molar-refractivity contribution in [3.8, 4) is 0 Å². The minimum atomic E-state index is -0.0697. The molecule has 4 nitrogen and oxygen atoms in total. The van der Waals surface area contributed by atoms with Gasteiger partial charge in [-0.05, 0) is 26.3 Å². The number of epoxide rings is 1. The first-order chi connectivity index (χ1) is 8.36. The van der Waals surface area contributed by atoms with E-state index >= 15 is 0 Å². The van der Waals surface area contributed by atoms with Crippen LogP contribution in [0.4, 0.5) is 0 Å². The largest absolute Gasteiger partial charge is 0.379 e. The van der Waals surface area contributed by atoms with E-state index in [1.165, 1.54) is 12.5 Å². The van der Waals surface area contributed by atoms with Gasteiger partial charge in [-0.25, -0.2) is 0 Å². The molecule has 0 amide bonds. The maximum Gasteiger partial charge on any atom is 0.154 e. The number of ether oxygens (including phenoxy) is 4. The Hall–Kier alpha value is 0.0569. The molecular formula is C12H26O4Si. The first-order valence-corrected chi connectivity index (χ1v) is 8.79. The highest BCUT2D eigenvalue weighted by atomic mass is 28.2. The summed E-state index contributed by atoms with van der Waals surface area (Å²) >= 11 is 0. The van der Waals surface area contributed by atoms with Crippen molar-refractivity contribution < 1.29 is 18.9 Å². The van der Waals surface area contributed by atoms with Gasteiger partial charge >= 0.3 is 0 Å². The molecule has 1 aliphatic heterocycles. The van der Waals surface area contributed by atoms with E-state index in [4.69, 9.17) is 18.9 Å². The van der Waals surface area contributed by atoms with Crippen LogP contribution in [-0.2, 0) is 18.9 Å². The van der Waals surface area contributed by atoms with Crippen molar-refractivity contribution in [2.24, 2.45) is 0 Å². The molecule has 17 heavy (non-hydrogen) atoms. The Morgan fingerprint density at radius 1 is 1.29 bits per heavy atom. The molecule has 102 valence electrons. The highest BCUT2D eigenvalue weighted by Crippen LogP contribution is 2.09. The maximum atomic E-state index is 5.51. The molecule has 1 fully saturated rings. The summed E-state index contributed by atoms with van der Waals surface area (Å²) in [7, 11) is -0.0697. The van der Waals surface area contributed by atoms with Crippen LogP contribution in [0.25, 0.3) is 0 Å². The van der Waals surface area contributed by atoms with E-state index in [-0.39, 0.29) is 15.8 Å². The number of hydrogen-bond acceptors (Lipinski definition) is 4. The molecule has 0 aromatic heterocycles. The van der Waals surface area contributed by atoms with Crippen molar-refractivity contribution in [1.82, 2.24) is 0 Å². The molecule has 1 heterocycles. The van der Waals surface area contributed by atoms with Crippen molar-refractivity contribution in [3.05, 3.63) is 0 Å². The molecule has 1 saturated heterocycles. The van der Waals surface area contributed by atoms with Crippen LogP contribution in [-0.4, -0.2) is 54.9 Å². The lowest BCUT2D eigenvalue weighted by Gasteiger charge is -2.16. The smallest absolute Gasteiger partial charge is 0.154 e. The molecular weight excluding hydrogens is 236 g/mol. The Bertz CT molecular complexity index is 170. The van der Waals surface area contributed by atoms with Gasteiger partial charge in [0, 0.05) is 29.3 Å². The molecule has 0 saturated carbocycles. The lowest BCUT2D eigenvalue weighted by Crippen LogP contribution is -2.19. The van der Waals surface area contributed by atoms with Gasteiger partial charge in [0.2, 0.25) is 0 Å². The fourth-order valence-corrected chi connectivity index (χ4v) is 3.17. The van der Waals surface area contributed by atoms with E-state index < -0.39 is 0 Å². The Labute approximate surface area is 107 Å². The standard InChI is InChI=1S/C12H26O4Si/c1-3-14-12(15-4-2)10-17-7-5-6-13-8-11-9-16-11/h11-12H,3-10,17H2,1-2H3. The van der Waals surface area contributed by atoms with Gasteiger partial charge in [0.15, 0.2) is 6.29 Å². The fourth-order valence-electron chi connectivity index (χ4n) is 1.66. The van der Waals surface area contributed by atoms with Gasteiger partial charge < -0.3 is 18.9 Å². The molecule has 1 atom stereocenters. The fraction of sp³-hybridized carbons (Fsp3) is 1.00. The van der Waals surface area contributed by atoms with Crippen molar-refractivity contribution in [2.45, 2.75) is 44.8 Å². The van der Waals surface area contributed by atoms with Gasteiger partial charge in [0.25, 0.3) is 0 Å². The van der Waals surface area contributed by atoms with E-state index in [2.05, 4.69) is 0 Å². The Morgan fingerprint density at radius 2 is 2.00 bits per heavy atom. The summed E-state index contributed by atoms with van der Waals surface area (Å²) in [5.74, 6) is 0. The van der Waals surface area contributed by atoms with Crippen LogP contribution < -0.4 is 0 Å². The second-order valence-corrected chi connectivity index (χ2v) is 6.21. The van der Waals surface area contributed by atoms with Crippen LogP contribution in [0.1, 0.15) is 20.3 Å². The Morgan fingerprint density at radius 3 is 2.59 bits per heavy atom. The second kappa shape index (κ2) is 10.0. The molecule has 0 aromatic rings. The molecule has 1 aliphatic rings. The number of hydrogen-bond donors (Lipinski definition) is 0. The van der Waals surface area contributed by atoms with Crippen LogP contribution >= 0.6 is 0 Å². The first-order valence-electron chi connectivity index (χ1n) is 6.79. The van der Waals surface area contributed by atoms with Gasteiger partial charge in [0.05, 0.1) is 13.2 Å². The average molecular weight is 262 g/mol. The molecule has 0 aliphatic carbocycles. The zero-order valence-electron chi connectivity index (χ0n) is 11.2. The third kappa shape index (κ3) is 8.74. The van der Waals surface area contributed by atoms with Gasteiger partial charge in [-0.3, -0.25) is 0 Å². The summed E-state index contributed by atoms with van der Waals surface area (Å²) in [5.41, 5.74) is 0. The van der Waals surface area contributed by atoms with E-state index in [1.807, 2.05) is 13.8 Å². The van der Waals surface area contributed by atoms with E-state index in [9.17, 15) is 0 Å². The van der Waals surface area contributed by atoms with E-state index in [0.29, 0.717) is 6.10 Å². The molecule has 1 rings (SSSR count). The molecule has 0 spiro atoms. The van der Waals surface area contributed by atoms with Crippen LogP contribution in [0, 0.1) is 0 Å². The topological polar surface area (TPSA) is 40.2 Å². The molecule has 5 heteroatoms. The summed E-state index contributed by atoms with van der Waals surface area (Å²) in [6.45, 7) is 8.05. The summed E-state index contributed by atoms with van der Waals surface area (Å²) in [6, 6.07) is 2.43. The molecule has 0 aromatic carbocycles. The van der Waals surface area contributed by atoms with Crippen LogP contribution in [0.3, 0.4) is 0 Å². The molecule has 1 unspecified atom stereocenters. The first kappa shape index (κ1) is 15.1. The van der Waals surface area contributed by atoms with Crippen LogP contribution in [0.5, 0.6) is 0 Å². The third-order valence-electron chi connectivity index (χ3n) is 2.64. The maximum absolute atomic E-state index is 5.51. The monoisotopic (exact) mass is 262 g/mol. The van der Waals surface area contributed by atoms with Crippen LogP contribution in [0.15, 0.2) is 0 Å². The third-order valence-corrected chi connectivity index (χ3v) is 4.52. The normalized spacial score (nSPS) is 19.6. The van der Waals surface area contributed by atoms with Crippen LogP contribution in [0.2, 0.25) is 12.1 Å². The highest BCUT2D eigenvalue weighted by Gasteiger charge is 2.21. The van der Waals surface area contributed by atoms with Crippen molar-refractivity contribution in [3.63, 3.8) is 0 Å².